The second-order valence-electron chi connectivity index (χ2n) is 8.64. The van der Waals surface area contributed by atoms with Crippen molar-refractivity contribution in [3.05, 3.63) is 47.5 Å². The second-order valence-corrected chi connectivity index (χ2v) is 9.00. The Morgan fingerprint density at radius 3 is 2.53 bits per heavy atom. The molecule has 1 saturated carbocycles. The molecule has 0 spiro atoms. The second kappa shape index (κ2) is 9.94. The molecule has 168 valence electrons. The zero-order chi connectivity index (χ0) is 21.8. The van der Waals surface area contributed by atoms with Crippen LogP contribution in [0.5, 0.6) is 0 Å². The number of halogens is 1. The number of hydrogen-bond acceptors (Lipinski definition) is 8. The van der Waals surface area contributed by atoms with Crippen LogP contribution in [0.2, 0.25) is 5.15 Å². The van der Waals surface area contributed by atoms with E-state index in [0.29, 0.717) is 29.1 Å². The number of fused-ring (bicyclic) bond motifs is 1. The van der Waals surface area contributed by atoms with E-state index >= 15 is 0 Å². The third-order valence-corrected chi connectivity index (χ3v) is 6.53. The van der Waals surface area contributed by atoms with Crippen LogP contribution < -0.4 is 16.0 Å². The lowest BCUT2D eigenvalue weighted by Gasteiger charge is -2.29. The summed E-state index contributed by atoms with van der Waals surface area (Å²) in [6.45, 7) is 3.27. The van der Waals surface area contributed by atoms with Crippen molar-refractivity contribution in [3.8, 4) is 0 Å². The maximum absolute atomic E-state index is 6.20. The first-order chi connectivity index (χ1) is 15.7. The molecule has 3 aromatic heterocycles. The highest BCUT2D eigenvalue weighted by atomic mass is 35.5. The molecule has 5 rings (SSSR count). The van der Waals surface area contributed by atoms with Crippen molar-refractivity contribution in [2.45, 2.75) is 44.3 Å². The van der Waals surface area contributed by atoms with Crippen molar-refractivity contribution >= 4 is 34.3 Å². The van der Waals surface area contributed by atoms with Gasteiger partial charge < -0.3 is 20.7 Å². The van der Waals surface area contributed by atoms with E-state index in [-0.39, 0.29) is 0 Å². The van der Waals surface area contributed by atoms with Crippen molar-refractivity contribution in [2.75, 3.05) is 30.4 Å². The molecule has 0 amide bonds. The molecule has 32 heavy (non-hydrogen) atoms. The number of anilines is 2. The van der Waals surface area contributed by atoms with Gasteiger partial charge in [-0.15, -0.1) is 0 Å². The van der Waals surface area contributed by atoms with Crippen LogP contribution in [0.25, 0.3) is 10.9 Å². The molecule has 2 fully saturated rings. The number of rotatable bonds is 8. The molecule has 1 aliphatic heterocycles. The Morgan fingerprint density at radius 2 is 1.78 bits per heavy atom. The number of hydrogen-bond donors (Lipinski definition) is 3. The highest BCUT2D eigenvalue weighted by Crippen LogP contribution is 2.27. The minimum atomic E-state index is 0.427. The van der Waals surface area contributed by atoms with Gasteiger partial charge in [-0.05, 0) is 49.8 Å². The highest BCUT2D eigenvalue weighted by Gasteiger charge is 2.22. The molecule has 0 bridgehead atoms. The van der Waals surface area contributed by atoms with Gasteiger partial charge in [-0.3, -0.25) is 0 Å². The maximum Gasteiger partial charge on any atom is 0.222 e. The van der Waals surface area contributed by atoms with Crippen molar-refractivity contribution < 1.29 is 4.74 Å². The van der Waals surface area contributed by atoms with Crippen LogP contribution in [-0.2, 0) is 11.3 Å². The summed E-state index contributed by atoms with van der Waals surface area (Å²) in [5.41, 5.74) is 1.84. The average Bonchev–Trinajstić information content (AvgIpc) is 2.79. The number of nitrogens with zero attached hydrogens (tertiary/aromatic N) is 4. The monoisotopic (exact) mass is 453 g/mol. The van der Waals surface area contributed by atoms with E-state index in [2.05, 4.69) is 35.9 Å². The number of ether oxygens (including phenoxy) is 1. The van der Waals surface area contributed by atoms with Gasteiger partial charge in [-0.25, -0.2) is 19.9 Å². The van der Waals surface area contributed by atoms with E-state index in [4.69, 9.17) is 16.3 Å². The molecule has 4 heterocycles. The Hall–Kier alpha value is -2.55. The molecule has 2 aliphatic rings. The van der Waals surface area contributed by atoms with E-state index in [1.165, 1.54) is 0 Å². The lowest BCUT2D eigenvalue weighted by atomic mass is 9.86. The van der Waals surface area contributed by atoms with Crippen LogP contribution in [-0.4, -0.2) is 51.8 Å². The summed E-state index contributed by atoms with van der Waals surface area (Å²) in [5.74, 6) is 2.19. The Bertz CT molecular complexity index is 1040. The third-order valence-electron chi connectivity index (χ3n) is 6.25. The number of pyridine rings is 2. The SMILES string of the molecule is Clc1nccc2ccc(NC3CCC(CNc4ncc(CNC5COC5)cn4)CC3)nc12. The Balaban J connectivity index is 1.06. The molecule has 0 atom stereocenters. The summed E-state index contributed by atoms with van der Waals surface area (Å²) in [7, 11) is 0. The smallest absolute Gasteiger partial charge is 0.222 e. The molecule has 8 nitrogen and oxygen atoms in total. The van der Waals surface area contributed by atoms with Crippen LogP contribution in [0.1, 0.15) is 31.2 Å². The first kappa shape index (κ1) is 21.3. The predicted molar refractivity (Wildman–Crippen MR) is 126 cm³/mol. The van der Waals surface area contributed by atoms with Gasteiger partial charge >= 0.3 is 0 Å². The topological polar surface area (TPSA) is 96.9 Å². The van der Waals surface area contributed by atoms with E-state index in [9.17, 15) is 0 Å². The van der Waals surface area contributed by atoms with Gasteiger partial charge in [0.1, 0.15) is 11.3 Å². The van der Waals surface area contributed by atoms with E-state index < -0.39 is 0 Å². The lowest BCUT2D eigenvalue weighted by Crippen LogP contribution is -2.45. The minimum Gasteiger partial charge on any atom is -0.378 e. The number of nitrogens with one attached hydrogen (secondary N) is 3. The molecule has 9 heteroatoms. The van der Waals surface area contributed by atoms with Crippen LogP contribution in [0, 0.1) is 5.92 Å². The Kier molecular flexibility index (Phi) is 6.61. The van der Waals surface area contributed by atoms with E-state index in [1.807, 2.05) is 30.6 Å². The third kappa shape index (κ3) is 5.26. The van der Waals surface area contributed by atoms with Crippen LogP contribution in [0.3, 0.4) is 0 Å². The molecular formula is C23H28ClN7O. The molecule has 0 unspecified atom stereocenters. The molecule has 3 N–H and O–H groups in total. The van der Waals surface area contributed by atoms with Gasteiger partial charge in [-0.2, -0.15) is 0 Å². The standard InChI is InChI=1S/C23H28ClN7O/c24-22-21-17(7-8-25-22)3-6-20(31-21)30-18-4-1-15(2-5-18)9-27-23-28-11-16(12-29-23)10-26-19-13-32-14-19/h3,6-8,11-12,15,18-19,26H,1-2,4-5,9-10,13-14H2,(H,30,31)(H,27,28,29). The fraction of sp³-hybridized carbons (Fsp3) is 0.478. The van der Waals surface area contributed by atoms with Gasteiger partial charge in [0.25, 0.3) is 0 Å². The first-order valence-electron chi connectivity index (χ1n) is 11.3. The summed E-state index contributed by atoms with van der Waals surface area (Å²) in [4.78, 5) is 17.7. The normalized spacial score (nSPS) is 21.3. The summed E-state index contributed by atoms with van der Waals surface area (Å²) < 4.78 is 5.17. The summed E-state index contributed by atoms with van der Waals surface area (Å²) >= 11 is 6.20. The van der Waals surface area contributed by atoms with E-state index in [0.717, 1.165) is 74.3 Å². The first-order valence-corrected chi connectivity index (χ1v) is 11.6. The maximum atomic E-state index is 6.20. The van der Waals surface area contributed by atoms with Gasteiger partial charge in [0, 0.05) is 48.7 Å². The van der Waals surface area contributed by atoms with Crippen molar-refractivity contribution in [1.29, 1.82) is 0 Å². The largest absolute Gasteiger partial charge is 0.378 e. The molecule has 0 radical (unpaired) electrons. The molecule has 0 aromatic carbocycles. The molecular weight excluding hydrogens is 426 g/mol. The molecule has 1 aliphatic carbocycles. The minimum absolute atomic E-state index is 0.427. The van der Waals surface area contributed by atoms with Crippen molar-refractivity contribution in [1.82, 2.24) is 25.3 Å². The summed E-state index contributed by atoms with van der Waals surface area (Å²) in [5, 5.41) is 11.9. The Morgan fingerprint density at radius 1 is 0.969 bits per heavy atom. The number of aromatic nitrogens is 4. The van der Waals surface area contributed by atoms with Gasteiger partial charge in [0.15, 0.2) is 5.15 Å². The Labute approximate surface area is 192 Å². The molecule has 1 saturated heterocycles. The average molecular weight is 454 g/mol. The van der Waals surface area contributed by atoms with Gasteiger partial charge in [0.05, 0.1) is 19.3 Å². The van der Waals surface area contributed by atoms with E-state index in [1.54, 1.807) is 6.20 Å². The quantitative estimate of drug-likeness (QED) is 0.445. The van der Waals surface area contributed by atoms with Gasteiger partial charge in [0.2, 0.25) is 5.95 Å². The fourth-order valence-corrected chi connectivity index (χ4v) is 4.41. The molecule has 3 aromatic rings. The van der Waals surface area contributed by atoms with Gasteiger partial charge in [-0.1, -0.05) is 11.6 Å². The van der Waals surface area contributed by atoms with Crippen molar-refractivity contribution in [2.24, 2.45) is 5.92 Å². The lowest BCUT2D eigenvalue weighted by molar-refractivity contribution is -0.00580. The van der Waals surface area contributed by atoms with Crippen LogP contribution in [0.15, 0.2) is 36.8 Å². The zero-order valence-electron chi connectivity index (χ0n) is 17.9. The van der Waals surface area contributed by atoms with Crippen LogP contribution in [0.4, 0.5) is 11.8 Å². The highest BCUT2D eigenvalue weighted by molar-refractivity contribution is 6.33. The predicted octanol–water partition coefficient (Wildman–Crippen LogP) is 3.64. The van der Waals surface area contributed by atoms with Crippen molar-refractivity contribution in [3.63, 3.8) is 0 Å². The fourth-order valence-electron chi connectivity index (χ4n) is 4.20. The summed E-state index contributed by atoms with van der Waals surface area (Å²) in [6, 6.07) is 6.87. The summed E-state index contributed by atoms with van der Waals surface area (Å²) in [6.07, 6.45) is 10.0. The van der Waals surface area contributed by atoms with Crippen LogP contribution >= 0.6 is 11.6 Å². The zero-order valence-corrected chi connectivity index (χ0v) is 18.7.